The van der Waals surface area contributed by atoms with Crippen LogP contribution in [0.4, 0.5) is 5.82 Å². The van der Waals surface area contributed by atoms with Crippen molar-refractivity contribution in [2.45, 2.75) is 32.1 Å². The highest BCUT2D eigenvalue weighted by molar-refractivity contribution is 5.81. The zero-order chi connectivity index (χ0) is 21.5. The van der Waals surface area contributed by atoms with Crippen molar-refractivity contribution < 1.29 is 9.47 Å². The Morgan fingerprint density at radius 1 is 0.935 bits per heavy atom. The van der Waals surface area contributed by atoms with Crippen molar-refractivity contribution in [1.29, 1.82) is 0 Å². The number of benzene rings is 2. The Balaban J connectivity index is 1.47. The van der Waals surface area contributed by atoms with Gasteiger partial charge in [-0.05, 0) is 24.5 Å². The average Bonchev–Trinajstić information content (AvgIpc) is 3.24. The van der Waals surface area contributed by atoms with Crippen LogP contribution in [0.1, 0.15) is 24.1 Å². The highest BCUT2D eigenvalue weighted by atomic mass is 16.5. The molecule has 2 atom stereocenters. The number of imidazole rings is 1. The van der Waals surface area contributed by atoms with E-state index in [0.29, 0.717) is 36.8 Å². The molecule has 0 aliphatic carbocycles. The van der Waals surface area contributed by atoms with E-state index in [4.69, 9.17) is 15.2 Å². The van der Waals surface area contributed by atoms with Crippen molar-refractivity contribution in [3.8, 4) is 0 Å². The third kappa shape index (κ3) is 5.25. The average molecular weight is 418 g/mol. The fraction of sp³-hybridized carbons (Fsp3) is 0.292. The summed E-state index contributed by atoms with van der Waals surface area (Å²) in [6.07, 6.45) is 3.92. The van der Waals surface area contributed by atoms with E-state index in [1.54, 1.807) is 6.33 Å². The summed E-state index contributed by atoms with van der Waals surface area (Å²) in [6, 6.07) is 20.3. The quantitative estimate of drug-likeness (QED) is 0.395. The van der Waals surface area contributed by atoms with Crippen LogP contribution in [0.2, 0.25) is 0 Å². The molecule has 4 aromatic rings. The van der Waals surface area contributed by atoms with Crippen molar-refractivity contribution >= 4 is 17.0 Å². The summed E-state index contributed by atoms with van der Waals surface area (Å²) >= 11 is 0. The van der Waals surface area contributed by atoms with E-state index in [9.17, 15) is 0 Å². The van der Waals surface area contributed by atoms with Crippen molar-refractivity contribution in [3.63, 3.8) is 0 Å². The molecular weight excluding hydrogens is 390 g/mol. The van der Waals surface area contributed by atoms with E-state index < -0.39 is 0 Å². The van der Waals surface area contributed by atoms with E-state index in [1.165, 1.54) is 11.9 Å². The molecule has 0 aliphatic rings. The van der Waals surface area contributed by atoms with E-state index in [-0.39, 0.29) is 12.1 Å². The van der Waals surface area contributed by atoms with Gasteiger partial charge in [0.25, 0.3) is 0 Å². The molecule has 2 aromatic carbocycles. The summed E-state index contributed by atoms with van der Waals surface area (Å²) in [6.45, 7) is 3.66. The van der Waals surface area contributed by atoms with Crippen LogP contribution >= 0.6 is 0 Å². The Morgan fingerprint density at radius 2 is 1.65 bits per heavy atom. The largest absolute Gasteiger partial charge is 0.382 e. The maximum absolute atomic E-state index is 6.21. The smallest absolute Gasteiger partial charge is 0.165 e. The summed E-state index contributed by atoms with van der Waals surface area (Å²) in [5.41, 5.74) is 9.62. The number of aromatic nitrogens is 4. The van der Waals surface area contributed by atoms with Crippen LogP contribution in [0.25, 0.3) is 11.2 Å². The maximum atomic E-state index is 6.21. The van der Waals surface area contributed by atoms with Gasteiger partial charge in [0.15, 0.2) is 11.5 Å². The van der Waals surface area contributed by atoms with Crippen LogP contribution in [0.5, 0.6) is 0 Å². The van der Waals surface area contributed by atoms with Crippen LogP contribution in [-0.4, -0.2) is 38.8 Å². The van der Waals surface area contributed by atoms with Gasteiger partial charge in [-0.25, -0.2) is 15.0 Å². The highest BCUT2D eigenvalue weighted by Crippen LogP contribution is 2.23. The van der Waals surface area contributed by atoms with E-state index in [1.807, 2.05) is 47.9 Å². The molecule has 7 heteroatoms. The first-order valence-corrected chi connectivity index (χ1v) is 10.4. The van der Waals surface area contributed by atoms with E-state index in [2.05, 4.69) is 39.2 Å². The van der Waals surface area contributed by atoms with Crippen molar-refractivity contribution in [2.24, 2.45) is 0 Å². The van der Waals surface area contributed by atoms with Gasteiger partial charge < -0.3 is 19.8 Å². The van der Waals surface area contributed by atoms with Crippen molar-refractivity contribution in [1.82, 2.24) is 19.5 Å². The Hall–Kier alpha value is -3.29. The fourth-order valence-corrected chi connectivity index (χ4v) is 3.51. The molecule has 0 radical (unpaired) electrons. The fourth-order valence-electron chi connectivity index (χ4n) is 3.51. The minimum atomic E-state index is -0.134. The standard InChI is InChI=1S/C24H27N5O2/c1-18(31-14-20-10-6-3-7-11-20)21(15-30-13-12-19-8-4-2-5-9-19)29-17-28-22-23(25)26-16-27-24(22)29/h2-11,16-18,21H,12-15H2,1H3,(H2,25,26,27)/t18-,21+/m0/s1. The molecule has 0 fully saturated rings. The lowest BCUT2D eigenvalue weighted by atomic mass is 10.1. The van der Waals surface area contributed by atoms with E-state index in [0.717, 1.165) is 12.0 Å². The molecule has 7 nitrogen and oxygen atoms in total. The molecule has 0 spiro atoms. The second-order valence-corrected chi connectivity index (χ2v) is 7.46. The molecule has 0 saturated heterocycles. The van der Waals surface area contributed by atoms with Crippen LogP contribution in [0.15, 0.2) is 73.3 Å². The van der Waals surface area contributed by atoms with E-state index >= 15 is 0 Å². The van der Waals surface area contributed by atoms with Crippen molar-refractivity contribution in [2.75, 3.05) is 18.9 Å². The van der Waals surface area contributed by atoms with Crippen molar-refractivity contribution in [3.05, 3.63) is 84.4 Å². The van der Waals surface area contributed by atoms with Crippen LogP contribution in [-0.2, 0) is 22.5 Å². The molecular formula is C24H27N5O2. The number of nitrogen functional groups attached to an aromatic ring is 1. The Bertz CT molecular complexity index is 1090. The molecule has 0 amide bonds. The molecule has 0 bridgehead atoms. The molecule has 0 aliphatic heterocycles. The van der Waals surface area contributed by atoms with Gasteiger partial charge in [0.2, 0.25) is 0 Å². The van der Waals surface area contributed by atoms with Crippen LogP contribution in [0.3, 0.4) is 0 Å². The number of hydrogen-bond donors (Lipinski definition) is 1. The third-order valence-corrected chi connectivity index (χ3v) is 5.31. The zero-order valence-corrected chi connectivity index (χ0v) is 17.6. The monoisotopic (exact) mass is 417 g/mol. The van der Waals surface area contributed by atoms with Gasteiger partial charge in [-0.2, -0.15) is 0 Å². The van der Waals surface area contributed by atoms with Crippen LogP contribution in [0, 0.1) is 0 Å². The Labute approximate surface area is 181 Å². The number of ether oxygens (including phenoxy) is 2. The molecule has 0 unspecified atom stereocenters. The Kier molecular flexibility index (Phi) is 6.86. The summed E-state index contributed by atoms with van der Waals surface area (Å²) in [4.78, 5) is 12.9. The van der Waals surface area contributed by atoms with Crippen LogP contribution < -0.4 is 5.73 Å². The van der Waals surface area contributed by atoms with Gasteiger partial charge in [0.1, 0.15) is 11.8 Å². The number of anilines is 1. The predicted octanol–water partition coefficient (Wildman–Crippen LogP) is 3.81. The first-order valence-electron chi connectivity index (χ1n) is 10.4. The van der Waals surface area contributed by atoms with Gasteiger partial charge in [-0.1, -0.05) is 60.7 Å². The zero-order valence-electron chi connectivity index (χ0n) is 17.6. The lowest BCUT2D eigenvalue weighted by Gasteiger charge is -2.26. The minimum Gasteiger partial charge on any atom is -0.382 e. The molecule has 4 rings (SSSR count). The van der Waals surface area contributed by atoms with Gasteiger partial charge in [0.05, 0.1) is 38.3 Å². The summed E-state index contributed by atoms with van der Waals surface area (Å²) < 4.78 is 14.3. The third-order valence-electron chi connectivity index (χ3n) is 5.31. The number of rotatable bonds is 10. The highest BCUT2D eigenvalue weighted by Gasteiger charge is 2.23. The Morgan fingerprint density at radius 3 is 2.39 bits per heavy atom. The van der Waals surface area contributed by atoms with Gasteiger partial charge >= 0.3 is 0 Å². The number of nitrogens with two attached hydrogens (primary N) is 1. The summed E-state index contributed by atoms with van der Waals surface area (Å²) in [5, 5.41) is 0. The predicted molar refractivity (Wildman–Crippen MR) is 120 cm³/mol. The SMILES string of the molecule is C[C@H](OCc1ccccc1)[C@@H](COCCc1ccccc1)n1cnc2c(N)ncnc21. The molecule has 2 aromatic heterocycles. The second kappa shape index (κ2) is 10.1. The number of hydrogen-bond acceptors (Lipinski definition) is 6. The first-order chi connectivity index (χ1) is 15.2. The molecule has 160 valence electrons. The molecule has 0 saturated carbocycles. The molecule has 31 heavy (non-hydrogen) atoms. The van der Waals surface area contributed by atoms with Gasteiger partial charge in [-0.3, -0.25) is 0 Å². The first kappa shape index (κ1) is 21.0. The number of nitrogens with zero attached hydrogens (tertiary/aromatic N) is 4. The molecule has 2 heterocycles. The number of fused-ring (bicyclic) bond motifs is 1. The lowest BCUT2D eigenvalue weighted by Crippen LogP contribution is -2.29. The lowest BCUT2D eigenvalue weighted by molar-refractivity contribution is -0.0143. The van der Waals surface area contributed by atoms with Gasteiger partial charge in [-0.15, -0.1) is 0 Å². The minimum absolute atomic E-state index is 0.112. The summed E-state index contributed by atoms with van der Waals surface area (Å²) in [5.74, 6) is 0.366. The molecule has 2 N–H and O–H groups in total. The normalized spacial score (nSPS) is 13.3. The maximum Gasteiger partial charge on any atom is 0.165 e. The topological polar surface area (TPSA) is 88.1 Å². The summed E-state index contributed by atoms with van der Waals surface area (Å²) in [7, 11) is 0. The van der Waals surface area contributed by atoms with Gasteiger partial charge in [0, 0.05) is 0 Å². The second-order valence-electron chi connectivity index (χ2n) is 7.46.